The van der Waals surface area contributed by atoms with E-state index in [1.807, 2.05) is 30.3 Å². The number of nitrogens with zero attached hydrogens (tertiary/aromatic N) is 3. The van der Waals surface area contributed by atoms with Crippen LogP contribution in [0.15, 0.2) is 59.2 Å². The second-order valence-corrected chi connectivity index (χ2v) is 9.04. The van der Waals surface area contributed by atoms with Crippen LogP contribution in [-0.2, 0) is 11.3 Å². The standard InChI is InChI=1S/C25H31Cl2N5O2/c1-31-11-13-32(14-12-31)17-23(29-16-19-5-3-2-4-6-19)25(30-18-28-10-9-24(33)34)20-7-8-21(26)22(27)15-20/h2-8,15,18,29H,9-14,16-17H2,1H3,(H,28,30)(H,33,34)/b25-23-. The van der Waals surface area contributed by atoms with Crippen molar-refractivity contribution < 1.29 is 9.90 Å². The summed E-state index contributed by atoms with van der Waals surface area (Å²) in [5.41, 5.74) is 3.86. The van der Waals surface area contributed by atoms with E-state index < -0.39 is 5.97 Å². The molecule has 0 saturated carbocycles. The highest BCUT2D eigenvalue weighted by Gasteiger charge is 2.18. The fraction of sp³-hybridized carbons (Fsp3) is 0.360. The van der Waals surface area contributed by atoms with Crippen molar-refractivity contribution in [3.63, 3.8) is 0 Å². The molecule has 0 aromatic heterocycles. The number of likely N-dealkylation sites (N-methyl/N-ethyl adjacent to an activating group) is 1. The number of piperazine rings is 1. The molecule has 1 fully saturated rings. The Morgan fingerprint density at radius 1 is 1.09 bits per heavy atom. The molecule has 0 radical (unpaired) electrons. The predicted molar refractivity (Wildman–Crippen MR) is 139 cm³/mol. The van der Waals surface area contributed by atoms with Gasteiger partial charge in [-0.05, 0) is 24.7 Å². The fourth-order valence-electron chi connectivity index (χ4n) is 3.59. The van der Waals surface area contributed by atoms with Crippen molar-refractivity contribution >= 4 is 41.2 Å². The van der Waals surface area contributed by atoms with Crippen LogP contribution < -0.4 is 10.6 Å². The van der Waals surface area contributed by atoms with Crippen LogP contribution in [0, 0.1) is 0 Å². The van der Waals surface area contributed by atoms with Crippen LogP contribution >= 0.6 is 23.2 Å². The molecular formula is C25H31Cl2N5O2. The van der Waals surface area contributed by atoms with E-state index in [4.69, 9.17) is 28.3 Å². The first-order valence-electron chi connectivity index (χ1n) is 11.3. The Labute approximate surface area is 211 Å². The summed E-state index contributed by atoms with van der Waals surface area (Å²) in [6.45, 7) is 5.53. The number of halogens is 2. The maximum atomic E-state index is 10.8. The molecular weight excluding hydrogens is 473 g/mol. The number of rotatable bonds is 11. The Balaban J connectivity index is 1.92. The van der Waals surface area contributed by atoms with Crippen molar-refractivity contribution in [1.29, 1.82) is 0 Å². The molecule has 2 aromatic carbocycles. The van der Waals surface area contributed by atoms with E-state index in [1.54, 1.807) is 12.4 Å². The van der Waals surface area contributed by atoms with E-state index >= 15 is 0 Å². The molecule has 182 valence electrons. The lowest BCUT2D eigenvalue weighted by molar-refractivity contribution is -0.136. The molecule has 0 spiro atoms. The predicted octanol–water partition coefficient (Wildman–Crippen LogP) is 3.79. The number of aliphatic imine (C=N–C) groups is 1. The molecule has 0 bridgehead atoms. The summed E-state index contributed by atoms with van der Waals surface area (Å²) in [5.74, 6) is -0.877. The Hall–Kier alpha value is -2.58. The minimum atomic E-state index is -0.877. The van der Waals surface area contributed by atoms with Crippen LogP contribution in [0.3, 0.4) is 0 Å². The SMILES string of the molecule is CN1CCN(C/C(NCc2ccccc2)=C(/NC=NCCC(=O)O)c2ccc(Cl)c(Cl)c2)CC1. The smallest absolute Gasteiger partial charge is 0.305 e. The maximum absolute atomic E-state index is 10.8. The van der Waals surface area contributed by atoms with E-state index in [9.17, 15) is 4.79 Å². The molecule has 7 nitrogen and oxygen atoms in total. The highest BCUT2D eigenvalue weighted by atomic mass is 35.5. The third-order valence-corrected chi connectivity index (χ3v) is 6.33. The number of hydrogen-bond donors (Lipinski definition) is 3. The molecule has 34 heavy (non-hydrogen) atoms. The van der Waals surface area contributed by atoms with E-state index in [1.165, 1.54) is 5.56 Å². The normalized spacial score (nSPS) is 15.9. The molecule has 1 aliphatic rings. The molecule has 1 aliphatic heterocycles. The molecule has 0 atom stereocenters. The van der Waals surface area contributed by atoms with Crippen LogP contribution in [0.5, 0.6) is 0 Å². The van der Waals surface area contributed by atoms with Gasteiger partial charge >= 0.3 is 5.97 Å². The zero-order valence-electron chi connectivity index (χ0n) is 19.3. The minimum absolute atomic E-state index is 0.0234. The van der Waals surface area contributed by atoms with Crippen molar-refractivity contribution in [2.45, 2.75) is 13.0 Å². The average Bonchev–Trinajstić information content (AvgIpc) is 2.83. The van der Waals surface area contributed by atoms with E-state index in [0.29, 0.717) is 23.1 Å². The molecule has 0 aliphatic carbocycles. The quantitative estimate of drug-likeness (QED) is 0.319. The second-order valence-electron chi connectivity index (χ2n) is 8.22. The van der Waals surface area contributed by atoms with Crippen molar-refractivity contribution in [2.75, 3.05) is 46.3 Å². The summed E-state index contributed by atoms with van der Waals surface area (Å²) in [4.78, 5) is 19.8. The Kier molecular flexibility index (Phi) is 10.2. The van der Waals surface area contributed by atoms with Crippen molar-refractivity contribution in [2.24, 2.45) is 4.99 Å². The van der Waals surface area contributed by atoms with Gasteiger partial charge in [0.2, 0.25) is 0 Å². The summed E-state index contributed by atoms with van der Waals surface area (Å²) in [7, 11) is 2.14. The first kappa shape index (κ1) is 26.0. The number of benzene rings is 2. The lowest BCUT2D eigenvalue weighted by Gasteiger charge is -2.33. The van der Waals surface area contributed by atoms with Crippen molar-refractivity contribution in [1.82, 2.24) is 20.4 Å². The van der Waals surface area contributed by atoms with Gasteiger partial charge in [-0.25, -0.2) is 0 Å². The number of carboxylic acids is 1. The van der Waals surface area contributed by atoms with Gasteiger partial charge in [0, 0.05) is 50.5 Å². The summed E-state index contributed by atoms with van der Waals surface area (Å²) in [5, 5.41) is 16.7. The molecule has 3 rings (SSSR count). The van der Waals surface area contributed by atoms with Crippen LogP contribution in [0.2, 0.25) is 10.0 Å². The largest absolute Gasteiger partial charge is 0.481 e. The van der Waals surface area contributed by atoms with Gasteiger partial charge in [0.05, 0.1) is 35.0 Å². The molecule has 3 N–H and O–H groups in total. The Morgan fingerprint density at radius 2 is 1.82 bits per heavy atom. The van der Waals surface area contributed by atoms with Gasteiger partial charge in [-0.15, -0.1) is 0 Å². The van der Waals surface area contributed by atoms with Crippen LogP contribution in [-0.4, -0.2) is 73.5 Å². The summed E-state index contributed by atoms with van der Waals surface area (Å²) >= 11 is 12.5. The van der Waals surface area contributed by atoms with Gasteiger partial charge in [0.25, 0.3) is 0 Å². The summed E-state index contributed by atoms with van der Waals surface area (Å²) < 4.78 is 0. The first-order chi connectivity index (χ1) is 16.4. The third kappa shape index (κ3) is 8.33. The number of hydrogen-bond acceptors (Lipinski definition) is 5. The average molecular weight is 504 g/mol. The second kappa shape index (κ2) is 13.3. The zero-order valence-corrected chi connectivity index (χ0v) is 20.8. The van der Waals surface area contributed by atoms with E-state index in [2.05, 4.69) is 44.6 Å². The zero-order chi connectivity index (χ0) is 24.3. The van der Waals surface area contributed by atoms with E-state index in [0.717, 1.165) is 43.1 Å². The fourth-order valence-corrected chi connectivity index (χ4v) is 3.89. The lowest BCUT2D eigenvalue weighted by Crippen LogP contribution is -2.46. The highest BCUT2D eigenvalue weighted by molar-refractivity contribution is 6.42. The maximum Gasteiger partial charge on any atom is 0.305 e. The molecule has 0 amide bonds. The Bertz CT molecular complexity index is 1010. The van der Waals surface area contributed by atoms with Crippen LogP contribution in [0.1, 0.15) is 17.5 Å². The molecule has 1 heterocycles. The van der Waals surface area contributed by atoms with E-state index in [-0.39, 0.29) is 13.0 Å². The molecule has 9 heteroatoms. The Morgan fingerprint density at radius 3 is 2.50 bits per heavy atom. The first-order valence-corrected chi connectivity index (χ1v) is 12.0. The van der Waals surface area contributed by atoms with Gasteiger partial charge in [-0.1, -0.05) is 59.6 Å². The monoisotopic (exact) mass is 503 g/mol. The van der Waals surface area contributed by atoms with Crippen molar-refractivity contribution in [3.8, 4) is 0 Å². The number of carbonyl (C=O) groups is 1. The third-order valence-electron chi connectivity index (χ3n) is 5.59. The summed E-state index contributed by atoms with van der Waals surface area (Å²) in [6, 6.07) is 15.7. The van der Waals surface area contributed by atoms with Crippen LogP contribution in [0.4, 0.5) is 0 Å². The number of aliphatic carboxylic acids is 1. The topological polar surface area (TPSA) is 80.2 Å². The number of nitrogens with one attached hydrogen (secondary N) is 2. The molecule has 1 saturated heterocycles. The minimum Gasteiger partial charge on any atom is -0.481 e. The molecule has 0 unspecified atom stereocenters. The van der Waals surface area contributed by atoms with Gasteiger partial charge in [-0.2, -0.15) is 0 Å². The van der Waals surface area contributed by atoms with Gasteiger partial charge in [0.15, 0.2) is 0 Å². The van der Waals surface area contributed by atoms with Gasteiger partial charge in [0.1, 0.15) is 0 Å². The van der Waals surface area contributed by atoms with Gasteiger partial charge < -0.3 is 20.6 Å². The highest BCUT2D eigenvalue weighted by Crippen LogP contribution is 2.26. The lowest BCUT2D eigenvalue weighted by atomic mass is 10.1. The molecule has 2 aromatic rings. The van der Waals surface area contributed by atoms with Crippen molar-refractivity contribution in [3.05, 3.63) is 75.4 Å². The number of carboxylic acid groups (broad SMARTS) is 1. The summed E-state index contributed by atoms with van der Waals surface area (Å²) in [6.07, 6.45) is 1.53. The van der Waals surface area contributed by atoms with Crippen LogP contribution in [0.25, 0.3) is 5.70 Å². The van der Waals surface area contributed by atoms with Gasteiger partial charge in [-0.3, -0.25) is 14.7 Å².